The van der Waals surface area contributed by atoms with E-state index in [4.69, 9.17) is 4.74 Å². The summed E-state index contributed by atoms with van der Waals surface area (Å²) in [5.41, 5.74) is 0.263. The van der Waals surface area contributed by atoms with Crippen molar-refractivity contribution in [3.05, 3.63) is 11.8 Å². The van der Waals surface area contributed by atoms with Gasteiger partial charge in [0.25, 0.3) is 0 Å². The van der Waals surface area contributed by atoms with Crippen molar-refractivity contribution >= 4 is 17.8 Å². The van der Waals surface area contributed by atoms with Crippen LogP contribution in [0.15, 0.2) is 6.20 Å². The summed E-state index contributed by atoms with van der Waals surface area (Å²) >= 11 is 0. The second-order valence-corrected chi connectivity index (χ2v) is 4.20. The van der Waals surface area contributed by atoms with Crippen molar-refractivity contribution in [3.8, 4) is 0 Å². The maximum absolute atomic E-state index is 11.8. The highest BCUT2D eigenvalue weighted by atomic mass is 16.5. The van der Waals surface area contributed by atoms with Crippen LogP contribution in [0.3, 0.4) is 0 Å². The van der Waals surface area contributed by atoms with Gasteiger partial charge in [0.1, 0.15) is 5.56 Å². The van der Waals surface area contributed by atoms with E-state index in [-0.39, 0.29) is 24.0 Å². The average Bonchev–Trinajstić information content (AvgIpc) is 2.82. The number of urea groups is 1. The molecule has 0 aliphatic rings. The SMILES string of the molecule is CCCCNC(=O)Nc1nn(CC)cc1C(=O)OCC. The van der Waals surface area contributed by atoms with Gasteiger partial charge in [0.05, 0.1) is 6.61 Å². The van der Waals surface area contributed by atoms with Gasteiger partial charge >= 0.3 is 12.0 Å². The zero-order valence-corrected chi connectivity index (χ0v) is 12.2. The van der Waals surface area contributed by atoms with Crippen LogP contribution < -0.4 is 10.6 Å². The summed E-state index contributed by atoms with van der Waals surface area (Å²) in [7, 11) is 0. The molecular formula is C13H22N4O3. The number of aromatic nitrogens is 2. The second kappa shape index (κ2) is 8.19. The number of hydrogen-bond acceptors (Lipinski definition) is 4. The summed E-state index contributed by atoms with van der Waals surface area (Å²) < 4.78 is 6.52. The Labute approximate surface area is 118 Å². The fraction of sp³-hybridized carbons (Fsp3) is 0.615. The van der Waals surface area contributed by atoms with E-state index >= 15 is 0 Å². The van der Waals surface area contributed by atoms with Crippen LogP contribution in [-0.4, -0.2) is 34.9 Å². The Morgan fingerprint density at radius 1 is 1.35 bits per heavy atom. The molecule has 0 bridgehead atoms. The third kappa shape index (κ3) is 4.56. The van der Waals surface area contributed by atoms with Gasteiger partial charge in [-0.2, -0.15) is 5.10 Å². The molecule has 1 aromatic rings. The van der Waals surface area contributed by atoms with E-state index in [1.54, 1.807) is 17.8 Å². The topological polar surface area (TPSA) is 85.3 Å². The monoisotopic (exact) mass is 282 g/mol. The Morgan fingerprint density at radius 2 is 2.10 bits per heavy atom. The highest BCUT2D eigenvalue weighted by molar-refractivity contribution is 5.99. The summed E-state index contributed by atoms with van der Waals surface area (Å²) in [6, 6.07) is -0.370. The number of anilines is 1. The van der Waals surface area contributed by atoms with E-state index in [1.165, 1.54) is 0 Å². The molecule has 7 heteroatoms. The molecule has 0 spiro atoms. The molecule has 0 aromatic carbocycles. The van der Waals surface area contributed by atoms with E-state index in [2.05, 4.69) is 15.7 Å². The number of esters is 1. The van der Waals surface area contributed by atoms with E-state index in [0.717, 1.165) is 12.8 Å². The first-order valence-corrected chi connectivity index (χ1v) is 6.91. The number of nitrogens with one attached hydrogen (secondary N) is 2. The number of aryl methyl sites for hydroxylation is 1. The minimum atomic E-state index is -0.490. The molecule has 7 nitrogen and oxygen atoms in total. The molecule has 20 heavy (non-hydrogen) atoms. The second-order valence-electron chi connectivity index (χ2n) is 4.20. The van der Waals surface area contributed by atoms with Gasteiger partial charge in [0.15, 0.2) is 5.82 Å². The number of nitrogens with zero attached hydrogens (tertiary/aromatic N) is 2. The van der Waals surface area contributed by atoms with Crippen molar-refractivity contribution < 1.29 is 14.3 Å². The Hall–Kier alpha value is -2.05. The summed E-state index contributed by atoms with van der Waals surface area (Å²) in [6.07, 6.45) is 3.47. The Kier molecular flexibility index (Phi) is 6.55. The molecule has 1 heterocycles. The molecule has 0 saturated carbocycles. The molecule has 0 aliphatic carbocycles. The third-order valence-electron chi connectivity index (χ3n) is 2.63. The molecule has 0 unspecified atom stereocenters. The van der Waals surface area contributed by atoms with Gasteiger partial charge < -0.3 is 10.1 Å². The molecule has 2 amide bonds. The van der Waals surface area contributed by atoms with Crippen molar-refractivity contribution in [3.63, 3.8) is 0 Å². The van der Waals surface area contributed by atoms with Crippen molar-refractivity contribution in [2.75, 3.05) is 18.5 Å². The van der Waals surface area contributed by atoms with Crippen molar-refractivity contribution in [1.82, 2.24) is 15.1 Å². The number of carbonyl (C=O) groups is 2. The number of rotatable bonds is 7. The predicted octanol–water partition coefficient (Wildman–Crippen LogP) is 2.00. The standard InChI is InChI=1S/C13H22N4O3/c1-4-7-8-14-13(19)15-11-10(12(18)20-6-3)9-17(5-2)16-11/h9H,4-8H2,1-3H3,(H2,14,15,16,19). The molecule has 1 aromatic heterocycles. The molecule has 0 fully saturated rings. The fourth-order valence-corrected chi connectivity index (χ4v) is 1.56. The Balaban J connectivity index is 2.74. The molecule has 2 N–H and O–H groups in total. The van der Waals surface area contributed by atoms with E-state index < -0.39 is 5.97 Å². The van der Waals surface area contributed by atoms with Crippen molar-refractivity contribution in [2.45, 2.75) is 40.2 Å². The lowest BCUT2D eigenvalue weighted by molar-refractivity contribution is 0.0527. The van der Waals surface area contributed by atoms with Crippen LogP contribution in [0.4, 0.5) is 10.6 Å². The zero-order valence-electron chi connectivity index (χ0n) is 12.2. The number of hydrogen-bond donors (Lipinski definition) is 2. The molecule has 0 saturated heterocycles. The van der Waals surface area contributed by atoms with Crippen LogP contribution in [0.5, 0.6) is 0 Å². The van der Waals surface area contributed by atoms with E-state index in [1.807, 2.05) is 13.8 Å². The van der Waals surface area contributed by atoms with Crippen LogP contribution in [0.25, 0.3) is 0 Å². The van der Waals surface area contributed by atoms with E-state index in [0.29, 0.717) is 13.1 Å². The molecular weight excluding hydrogens is 260 g/mol. The van der Waals surface area contributed by atoms with Gasteiger partial charge in [-0.25, -0.2) is 9.59 Å². The molecule has 0 aliphatic heterocycles. The molecule has 0 radical (unpaired) electrons. The minimum Gasteiger partial charge on any atom is -0.462 e. The molecule has 0 atom stereocenters. The summed E-state index contributed by atoms with van der Waals surface area (Å²) in [6.45, 7) is 7.14. The quantitative estimate of drug-likeness (QED) is 0.591. The first-order chi connectivity index (χ1) is 9.62. The highest BCUT2D eigenvalue weighted by Crippen LogP contribution is 2.14. The lowest BCUT2D eigenvalue weighted by atomic mass is 10.3. The van der Waals surface area contributed by atoms with Gasteiger partial charge in [0, 0.05) is 19.3 Å². The van der Waals surface area contributed by atoms with Gasteiger partial charge in [-0.05, 0) is 20.3 Å². The number of carbonyl (C=O) groups excluding carboxylic acids is 2. The summed E-state index contributed by atoms with van der Waals surface area (Å²) in [5, 5.41) is 9.43. The first-order valence-electron chi connectivity index (χ1n) is 6.91. The smallest absolute Gasteiger partial charge is 0.343 e. The van der Waals surface area contributed by atoms with Gasteiger partial charge in [-0.15, -0.1) is 0 Å². The van der Waals surface area contributed by atoms with Gasteiger partial charge in [-0.3, -0.25) is 10.00 Å². The summed E-state index contributed by atoms with van der Waals surface area (Å²) in [4.78, 5) is 23.5. The zero-order chi connectivity index (χ0) is 15.0. The van der Waals surface area contributed by atoms with Crippen LogP contribution in [0, 0.1) is 0 Å². The van der Waals surface area contributed by atoms with Crippen molar-refractivity contribution in [1.29, 1.82) is 0 Å². The Bertz CT molecular complexity index is 456. The average molecular weight is 282 g/mol. The number of amides is 2. The Morgan fingerprint density at radius 3 is 2.70 bits per heavy atom. The van der Waals surface area contributed by atoms with Crippen LogP contribution in [0.2, 0.25) is 0 Å². The fourth-order valence-electron chi connectivity index (χ4n) is 1.56. The lowest BCUT2D eigenvalue weighted by Gasteiger charge is -2.06. The van der Waals surface area contributed by atoms with E-state index in [9.17, 15) is 9.59 Å². The normalized spacial score (nSPS) is 10.2. The van der Waals surface area contributed by atoms with Crippen LogP contribution in [0.1, 0.15) is 44.0 Å². The maximum Gasteiger partial charge on any atom is 0.343 e. The highest BCUT2D eigenvalue weighted by Gasteiger charge is 2.18. The van der Waals surface area contributed by atoms with Crippen molar-refractivity contribution in [2.24, 2.45) is 0 Å². The predicted molar refractivity (Wildman–Crippen MR) is 75.8 cm³/mol. The molecule has 112 valence electrons. The first kappa shape index (κ1) is 16.0. The number of ether oxygens (including phenoxy) is 1. The van der Waals surface area contributed by atoms with Crippen LogP contribution >= 0.6 is 0 Å². The maximum atomic E-state index is 11.8. The minimum absolute atomic E-state index is 0.222. The number of unbranched alkanes of at least 4 members (excludes halogenated alkanes) is 1. The molecule has 1 rings (SSSR count). The lowest BCUT2D eigenvalue weighted by Crippen LogP contribution is -2.30. The van der Waals surface area contributed by atoms with Crippen LogP contribution in [-0.2, 0) is 11.3 Å². The van der Waals surface area contributed by atoms with Gasteiger partial charge in [-0.1, -0.05) is 13.3 Å². The third-order valence-corrected chi connectivity index (χ3v) is 2.63. The van der Waals surface area contributed by atoms with Gasteiger partial charge in [0.2, 0.25) is 0 Å². The summed E-state index contributed by atoms with van der Waals surface area (Å²) in [5.74, 6) is -0.268. The largest absolute Gasteiger partial charge is 0.462 e.